The minimum atomic E-state index is 0.134. The molecule has 0 spiro atoms. The molecule has 1 aliphatic rings. The van der Waals surface area contributed by atoms with Crippen LogP contribution in [0, 0.1) is 0 Å². The number of ketones is 1. The fraction of sp³-hybridized carbons (Fsp3) is 0.167. The molecule has 5 aromatic rings. The van der Waals surface area contributed by atoms with Crippen molar-refractivity contribution in [2.24, 2.45) is 0 Å². The molecule has 7 heteroatoms. The van der Waals surface area contributed by atoms with Crippen LogP contribution < -0.4 is 0 Å². The van der Waals surface area contributed by atoms with Gasteiger partial charge in [0.1, 0.15) is 0 Å². The maximum atomic E-state index is 12.8. The molecule has 0 saturated carbocycles. The lowest BCUT2D eigenvalue weighted by molar-refractivity contribution is 0.0963. The fourth-order valence-corrected chi connectivity index (χ4v) is 5.87. The van der Waals surface area contributed by atoms with Gasteiger partial charge in [-0.05, 0) is 34.2 Å². The third-order valence-corrected chi connectivity index (χ3v) is 7.67. The summed E-state index contributed by atoms with van der Waals surface area (Å²) in [4.78, 5) is 23.4. The average Bonchev–Trinajstić information content (AvgIpc) is 3.46. The van der Waals surface area contributed by atoms with Crippen LogP contribution in [0.1, 0.15) is 38.8 Å². The number of hydrogen-bond acceptors (Lipinski definition) is 6. The van der Waals surface area contributed by atoms with Crippen molar-refractivity contribution < 1.29 is 4.79 Å². The van der Waals surface area contributed by atoms with Crippen molar-refractivity contribution in [3.8, 4) is 0 Å². The highest BCUT2D eigenvalue weighted by Gasteiger charge is 2.29. The summed E-state index contributed by atoms with van der Waals surface area (Å²) in [6.45, 7) is 0. The van der Waals surface area contributed by atoms with Gasteiger partial charge in [-0.3, -0.25) is 4.79 Å². The normalized spacial score (nSPS) is 16.1. The van der Waals surface area contributed by atoms with E-state index in [0.29, 0.717) is 22.9 Å². The highest BCUT2D eigenvalue weighted by molar-refractivity contribution is 7.98. The van der Waals surface area contributed by atoms with E-state index in [-0.39, 0.29) is 11.7 Å². The van der Waals surface area contributed by atoms with E-state index < -0.39 is 0 Å². The van der Waals surface area contributed by atoms with E-state index in [0.717, 1.165) is 17.9 Å². The number of Topliss-reactive ketones (excluding diaryl/α,β-unsaturated/α-hetero) is 1. The first-order valence-corrected chi connectivity index (χ1v) is 12.0. The molecule has 1 aliphatic carbocycles. The van der Waals surface area contributed by atoms with E-state index >= 15 is 0 Å². The number of carbonyl (C=O) groups is 1. The van der Waals surface area contributed by atoms with Crippen molar-refractivity contribution in [3.63, 3.8) is 0 Å². The number of thiophene rings is 1. The molecule has 0 saturated heterocycles. The van der Waals surface area contributed by atoms with Crippen LogP contribution in [0.4, 0.5) is 0 Å². The number of rotatable bonds is 4. The van der Waals surface area contributed by atoms with Crippen LogP contribution in [0.3, 0.4) is 0 Å². The summed E-state index contributed by atoms with van der Waals surface area (Å²) in [5.74, 6) is 1.67. The summed E-state index contributed by atoms with van der Waals surface area (Å²) in [6, 6.07) is 18.9. The Morgan fingerprint density at radius 3 is 2.84 bits per heavy atom. The molecule has 0 aliphatic heterocycles. The quantitative estimate of drug-likeness (QED) is 0.342. The Bertz CT molecular complexity index is 1420. The Hall–Kier alpha value is -3.03. The molecule has 1 unspecified atom stereocenters. The van der Waals surface area contributed by atoms with E-state index in [4.69, 9.17) is 4.98 Å². The van der Waals surface area contributed by atoms with Crippen molar-refractivity contribution in [1.82, 2.24) is 19.6 Å². The molecule has 0 fully saturated rings. The van der Waals surface area contributed by atoms with Crippen LogP contribution >= 0.6 is 23.1 Å². The predicted molar refractivity (Wildman–Crippen MR) is 124 cm³/mol. The summed E-state index contributed by atoms with van der Waals surface area (Å²) in [7, 11) is 0. The predicted octanol–water partition coefficient (Wildman–Crippen LogP) is 5.54. The molecule has 0 radical (unpaired) electrons. The summed E-state index contributed by atoms with van der Waals surface area (Å²) in [5.41, 5.74) is 2.76. The average molecular weight is 443 g/mol. The molecule has 3 heterocycles. The van der Waals surface area contributed by atoms with Gasteiger partial charge in [0, 0.05) is 29.2 Å². The van der Waals surface area contributed by atoms with Gasteiger partial charge in [-0.1, -0.05) is 60.3 Å². The van der Waals surface area contributed by atoms with Gasteiger partial charge in [-0.25, -0.2) is 9.50 Å². The SMILES string of the molecule is O=C1CC(c2cccs2)Cc2nc3nc(SCc4cccc5ccccc45)nn3cc21. The third-order valence-electron chi connectivity index (χ3n) is 5.75. The monoisotopic (exact) mass is 442 g/mol. The smallest absolute Gasteiger partial charge is 0.253 e. The molecule has 6 rings (SSSR count). The van der Waals surface area contributed by atoms with E-state index in [9.17, 15) is 4.79 Å². The van der Waals surface area contributed by atoms with Crippen molar-refractivity contribution in [2.45, 2.75) is 29.7 Å². The Labute approximate surface area is 187 Å². The van der Waals surface area contributed by atoms with Crippen LogP contribution in [-0.4, -0.2) is 25.4 Å². The second-order valence-corrected chi connectivity index (χ2v) is 9.63. The minimum Gasteiger partial charge on any atom is -0.294 e. The highest BCUT2D eigenvalue weighted by atomic mass is 32.2. The second-order valence-electron chi connectivity index (χ2n) is 7.71. The number of nitrogens with zero attached hydrogens (tertiary/aromatic N) is 4. The molecule has 0 bridgehead atoms. The van der Waals surface area contributed by atoms with Crippen molar-refractivity contribution in [2.75, 3.05) is 0 Å². The van der Waals surface area contributed by atoms with Crippen molar-refractivity contribution in [3.05, 3.63) is 87.9 Å². The molecule has 0 N–H and O–H groups in total. The summed E-state index contributed by atoms with van der Waals surface area (Å²) >= 11 is 3.29. The summed E-state index contributed by atoms with van der Waals surface area (Å²) in [6.07, 6.45) is 3.10. The molecule has 152 valence electrons. The first-order valence-electron chi connectivity index (χ1n) is 10.2. The number of hydrogen-bond donors (Lipinski definition) is 0. The van der Waals surface area contributed by atoms with Crippen LogP contribution in [0.2, 0.25) is 0 Å². The van der Waals surface area contributed by atoms with Gasteiger partial charge >= 0.3 is 0 Å². The molecule has 2 aromatic carbocycles. The zero-order valence-corrected chi connectivity index (χ0v) is 18.2. The highest BCUT2D eigenvalue weighted by Crippen LogP contribution is 2.34. The number of benzene rings is 2. The van der Waals surface area contributed by atoms with Crippen LogP contribution in [0.5, 0.6) is 0 Å². The van der Waals surface area contributed by atoms with E-state index in [2.05, 4.69) is 64.0 Å². The van der Waals surface area contributed by atoms with Crippen molar-refractivity contribution in [1.29, 1.82) is 0 Å². The number of thioether (sulfide) groups is 1. The lowest BCUT2D eigenvalue weighted by atomic mass is 9.86. The van der Waals surface area contributed by atoms with Gasteiger partial charge in [-0.15, -0.1) is 16.4 Å². The fourth-order valence-electron chi connectivity index (χ4n) is 4.21. The van der Waals surface area contributed by atoms with Crippen LogP contribution in [0.25, 0.3) is 16.6 Å². The maximum absolute atomic E-state index is 12.8. The first kappa shape index (κ1) is 18.7. The molecule has 3 aromatic heterocycles. The van der Waals surface area contributed by atoms with E-state index in [1.54, 1.807) is 33.8 Å². The van der Waals surface area contributed by atoms with Gasteiger partial charge < -0.3 is 0 Å². The van der Waals surface area contributed by atoms with Gasteiger partial charge in [0.15, 0.2) is 5.78 Å². The molecule has 5 nitrogen and oxygen atoms in total. The van der Waals surface area contributed by atoms with Gasteiger partial charge in [0.05, 0.1) is 11.3 Å². The lowest BCUT2D eigenvalue weighted by Crippen LogP contribution is -2.20. The van der Waals surface area contributed by atoms with Gasteiger partial charge in [-0.2, -0.15) is 4.98 Å². The number of carbonyl (C=O) groups excluding carboxylic acids is 1. The maximum Gasteiger partial charge on any atom is 0.253 e. The molecule has 31 heavy (non-hydrogen) atoms. The van der Waals surface area contributed by atoms with E-state index in [1.165, 1.54) is 21.2 Å². The molecular formula is C24H18N4OS2. The zero-order chi connectivity index (χ0) is 20.8. The van der Waals surface area contributed by atoms with Crippen molar-refractivity contribution >= 4 is 45.4 Å². The topological polar surface area (TPSA) is 60.2 Å². The first-order chi connectivity index (χ1) is 15.2. The number of aromatic nitrogens is 4. The second kappa shape index (κ2) is 7.59. The molecule has 1 atom stereocenters. The Kier molecular flexibility index (Phi) is 4.58. The Morgan fingerprint density at radius 1 is 1.03 bits per heavy atom. The van der Waals surface area contributed by atoms with E-state index in [1.807, 2.05) is 6.07 Å². The number of fused-ring (bicyclic) bond motifs is 3. The standard InChI is InChI=1S/C24H18N4OS2/c29-21-12-17(22-9-4-10-30-22)11-20-19(21)13-28-23(25-20)26-24(27-28)31-14-16-7-3-6-15-5-1-2-8-18(15)16/h1-10,13,17H,11-12,14H2. The largest absolute Gasteiger partial charge is 0.294 e. The Balaban J connectivity index is 1.28. The third kappa shape index (κ3) is 3.43. The van der Waals surface area contributed by atoms with Gasteiger partial charge in [0.2, 0.25) is 5.16 Å². The summed E-state index contributed by atoms with van der Waals surface area (Å²) < 4.78 is 1.65. The Morgan fingerprint density at radius 2 is 1.94 bits per heavy atom. The zero-order valence-electron chi connectivity index (χ0n) is 16.6. The van der Waals surface area contributed by atoms with Crippen LogP contribution in [0.15, 0.2) is 71.3 Å². The van der Waals surface area contributed by atoms with Gasteiger partial charge in [0.25, 0.3) is 5.78 Å². The molecule has 0 amide bonds. The summed E-state index contributed by atoms with van der Waals surface area (Å²) in [5, 5.41) is 9.79. The molecular weight excluding hydrogens is 424 g/mol. The lowest BCUT2D eigenvalue weighted by Gasteiger charge is -2.21. The minimum absolute atomic E-state index is 0.134. The van der Waals surface area contributed by atoms with Crippen LogP contribution in [-0.2, 0) is 12.2 Å².